The molecule has 1 fully saturated rings. The number of rotatable bonds is 2. The second kappa shape index (κ2) is 4.85. The van der Waals surface area contributed by atoms with Crippen molar-refractivity contribution in [2.45, 2.75) is 26.6 Å². The Morgan fingerprint density at radius 1 is 1.50 bits per heavy atom. The molecule has 0 aromatic heterocycles. The second-order valence-corrected chi connectivity index (χ2v) is 3.36. The molecule has 0 bridgehead atoms. The normalized spacial score (nSPS) is 24.1. The van der Waals surface area contributed by atoms with Gasteiger partial charge in [-0.05, 0) is 13.3 Å². The Bertz CT molecular complexity index is 162. The lowest BCUT2D eigenvalue weighted by Crippen LogP contribution is -2.30. The van der Waals surface area contributed by atoms with Crippen molar-refractivity contribution in [1.29, 1.82) is 0 Å². The first-order valence-electron chi connectivity index (χ1n) is 4.30. The van der Waals surface area contributed by atoms with Crippen LogP contribution in [0, 0.1) is 5.92 Å². The van der Waals surface area contributed by atoms with Crippen molar-refractivity contribution in [3.05, 3.63) is 11.1 Å². The number of halogens is 1. The van der Waals surface area contributed by atoms with E-state index in [1.165, 1.54) is 0 Å². The molecule has 1 rings (SSSR count). The molecular formula is C9H15ClO2. The summed E-state index contributed by atoms with van der Waals surface area (Å²) in [6.07, 6.45) is 2.71. The summed E-state index contributed by atoms with van der Waals surface area (Å²) < 4.78 is 10.8. The Morgan fingerprint density at radius 2 is 2.08 bits per heavy atom. The fourth-order valence-electron chi connectivity index (χ4n) is 1.19. The van der Waals surface area contributed by atoms with Crippen molar-refractivity contribution in [2.75, 3.05) is 13.2 Å². The van der Waals surface area contributed by atoms with Gasteiger partial charge in [-0.2, -0.15) is 0 Å². The Kier molecular flexibility index (Phi) is 4.06. The van der Waals surface area contributed by atoms with E-state index in [2.05, 4.69) is 0 Å². The Hall–Kier alpha value is -0.0500. The molecule has 0 spiro atoms. The van der Waals surface area contributed by atoms with Crippen LogP contribution in [-0.2, 0) is 9.47 Å². The van der Waals surface area contributed by atoms with E-state index in [4.69, 9.17) is 21.1 Å². The van der Waals surface area contributed by atoms with E-state index < -0.39 is 0 Å². The lowest BCUT2D eigenvalue weighted by atomic mass is 10.1. The van der Waals surface area contributed by atoms with Crippen LogP contribution in [0.15, 0.2) is 11.1 Å². The largest absolute Gasteiger partial charge is 0.352 e. The van der Waals surface area contributed by atoms with Gasteiger partial charge in [0.2, 0.25) is 0 Å². The molecular weight excluding hydrogens is 176 g/mol. The van der Waals surface area contributed by atoms with Crippen LogP contribution in [0.3, 0.4) is 0 Å². The molecule has 0 N–H and O–H groups in total. The van der Waals surface area contributed by atoms with Crippen LogP contribution in [-0.4, -0.2) is 19.5 Å². The molecule has 12 heavy (non-hydrogen) atoms. The molecule has 0 aromatic carbocycles. The van der Waals surface area contributed by atoms with E-state index in [0.29, 0.717) is 0 Å². The third-order valence-electron chi connectivity index (χ3n) is 1.97. The van der Waals surface area contributed by atoms with Crippen LogP contribution in [0.1, 0.15) is 20.3 Å². The summed E-state index contributed by atoms with van der Waals surface area (Å²) in [7, 11) is 0. The van der Waals surface area contributed by atoms with Crippen molar-refractivity contribution < 1.29 is 9.47 Å². The van der Waals surface area contributed by atoms with Crippen LogP contribution < -0.4 is 0 Å². The molecule has 1 heterocycles. The summed E-state index contributed by atoms with van der Waals surface area (Å²) >= 11 is 5.95. The highest BCUT2D eigenvalue weighted by Gasteiger charge is 2.23. The van der Waals surface area contributed by atoms with Crippen LogP contribution >= 0.6 is 11.6 Å². The summed E-state index contributed by atoms with van der Waals surface area (Å²) in [6.45, 7) is 5.49. The van der Waals surface area contributed by atoms with Crippen LogP contribution in [0.4, 0.5) is 0 Å². The molecule has 0 saturated carbocycles. The minimum atomic E-state index is -0.151. The lowest BCUT2D eigenvalue weighted by Gasteiger charge is -2.27. The quantitative estimate of drug-likeness (QED) is 0.666. The standard InChI is InChI=1S/C9H15ClO2/c1-3-8(10)7(2)9-11-5-4-6-12-9/h3,7,9H,4-6H2,1-2H3/b8-3+. The van der Waals surface area contributed by atoms with Gasteiger partial charge in [-0.25, -0.2) is 0 Å². The Labute approximate surface area is 78.5 Å². The summed E-state index contributed by atoms with van der Waals surface area (Å²) in [4.78, 5) is 0. The summed E-state index contributed by atoms with van der Waals surface area (Å²) in [5.41, 5.74) is 0. The second-order valence-electron chi connectivity index (χ2n) is 2.93. The van der Waals surface area contributed by atoms with E-state index >= 15 is 0 Å². The molecule has 1 atom stereocenters. The molecule has 1 aliphatic heterocycles. The molecule has 70 valence electrons. The maximum Gasteiger partial charge on any atom is 0.164 e. The predicted molar refractivity (Wildman–Crippen MR) is 49.1 cm³/mol. The smallest absolute Gasteiger partial charge is 0.164 e. The van der Waals surface area contributed by atoms with Gasteiger partial charge in [0.25, 0.3) is 0 Å². The number of hydrogen-bond donors (Lipinski definition) is 0. The first-order valence-corrected chi connectivity index (χ1v) is 4.68. The van der Waals surface area contributed by atoms with Crippen molar-refractivity contribution in [1.82, 2.24) is 0 Å². The zero-order valence-corrected chi connectivity index (χ0v) is 8.30. The molecule has 0 amide bonds. The highest BCUT2D eigenvalue weighted by Crippen LogP contribution is 2.23. The SMILES string of the molecule is C/C=C(/Cl)C(C)C1OCCCO1. The fraction of sp³-hybridized carbons (Fsp3) is 0.778. The van der Waals surface area contributed by atoms with E-state index in [1.54, 1.807) is 0 Å². The highest BCUT2D eigenvalue weighted by molar-refractivity contribution is 6.29. The first-order chi connectivity index (χ1) is 5.75. The van der Waals surface area contributed by atoms with Gasteiger partial charge in [-0.3, -0.25) is 0 Å². The average Bonchev–Trinajstić information content (AvgIpc) is 2.17. The van der Waals surface area contributed by atoms with Gasteiger partial charge in [-0.15, -0.1) is 0 Å². The van der Waals surface area contributed by atoms with Crippen LogP contribution in [0.25, 0.3) is 0 Å². The van der Waals surface area contributed by atoms with Crippen LogP contribution in [0.2, 0.25) is 0 Å². The van der Waals surface area contributed by atoms with Crippen molar-refractivity contribution >= 4 is 11.6 Å². The van der Waals surface area contributed by atoms with E-state index in [9.17, 15) is 0 Å². The number of hydrogen-bond acceptors (Lipinski definition) is 2. The molecule has 3 heteroatoms. The summed E-state index contributed by atoms with van der Waals surface area (Å²) in [6, 6.07) is 0. The predicted octanol–water partition coefficient (Wildman–Crippen LogP) is 2.53. The molecule has 0 aliphatic carbocycles. The van der Waals surface area contributed by atoms with Crippen molar-refractivity contribution in [3.8, 4) is 0 Å². The minimum Gasteiger partial charge on any atom is -0.352 e. The maximum atomic E-state index is 5.95. The number of allylic oxidation sites excluding steroid dienone is 1. The molecule has 1 saturated heterocycles. The van der Waals surface area contributed by atoms with Crippen molar-refractivity contribution in [2.24, 2.45) is 5.92 Å². The molecule has 2 nitrogen and oxygen atoms in total. The number of ether oxygens (including phenoxy) is 2. The van der Waals surface area contributed by atoms with Gasteiger partial charge < -0.3 is 9.47 Å². The monoisotopic (exact) mass is 190 g/mol. The fourth-order valence-corrected chi connectivity index (χ4v) is 1.29. The summed E-state index contributed by atoms with van der Waals surface area (Å²) in [5, 5.41) is 0.807. The Balaban J connectivity index is 2.44. The highest BCUT2D eigenvalue weighted by atomic mass is 35.5. The van der Waals surface area contributed by atoms with E-state index in [0.717, 1.165) is 24.7 Å². The zero-order valence-electron chi connectivity index (χ0n) is 7.55. The van der Waals surface area contributed by atoms with E-state index in [1.807, 2.05) is 19.9 Å². The maximum absolute atomic E-state index is 5.95. The minimum absolute atomic E-state index is 0.150. The topological polar surface area (TPSA) is 18.5 Å². The lowest BCUT2D eigenvalue weighted by molar-refractivity contribution is -0.194. The average molecular weight is 191 g/mol. The first kappa shape index (κ1) is 10.0. The van der Waals surface area contributed by atoms with Crippen LogP contribution in [0.5, 0.6) is 0 Å². The molecule has 1 aliphatic rings. The van der Waals surface area contributed by atoms with Crippen molar-refractivity contribution in [3.63, 3.8) is 0 Å². The van der Waals surface area contributed by atoms with Gasteiger partial charge in [-0.1, -0.05) is 24.6 Å². The van der Waals surface area contributed by atoms with Gasteiger partial charge in [0, 0.05) is 11.0 Å². The van der Waals surface area contributed by atoms with Gasteiger partial charge in [0.05, 0.1) is 13.2 Å². The molecule has 0 aromatic rings. The molecule has 0 radical (unpaired) electrons. The zero-order chi connectivity index (χ0) is 8.97. The van der Waals surface area contributed by atoms with Gasteiger partial charge in [0.1, 0.15) is 0 Å². The third kappa shape index (κ3) is 2.47. The summed E-state index contributed by atoms with van der Waals surface area (Å²) in [5.74, 6) is 0.150. The Morgan fingerprint density at radius 3 is 2.58 bits per heavy atom. The third-order valence-corrected chi connectivity index (χ3v) is 2.53. The van der Waals surface area contributed by atoms with E-state index in [-0.39, 0.29) is 12.2 Å². The van der Waals surface area contributed by atoms with Gasteiger partial charge in [0.15, 0.2) is 6.29 Å². The van der Waals surface area contributed by atoms with Gasteiger partial charge >= 0.3 is 0 Å². The molecule has 1 unspecified atom stereocenters.